The van der Waals surface area contributed by atoms with Crippen molar-refractivity contribution in [3.05, 3.63) is 12.2 Å². The molecule has 0 bridgehead atoms. The number of esters is 3. The fourth-order valence-corrected chi connectivity index (χ4v) is 11.5. The highest BCUT2D eigenvalue weighted by atomic mass is 16.6. The normalized spacial score (nSPS) is 12.0. The predicted octanol–water partition coefficient (Wildman–Crippen LogP) is 25.2. The SMILES string of the molecule is CCCCCCCC/C=C\CCCCCCCC(=O)OCC(COC(=O)CCCCCCCCCCCCCCCCCCCCCCCCCCCCCCCC)OC(=O)CCCCCCCCCCCCCCCCCCC. The summed E-state index contributed by atoms with van der Waals surface area (Å²) >= 11 is 0. The molecule has 6 nitrogen and oxygen atoms in total. The molecule has 0 saturated heterocycles. The van der Waals surface area contributed by atoms with Gasteiger partial charge in [-0.1, -0.05) is 373 Å². The maximum Gasteiger partial charge on any atom is 0.306 e. The lowest BCUT2D eigenvalue weighted by atomic mass is 10.0. The van der Waals surface area contributed by atoms with Crippen LogP contribution >= 0.6 is 0 Å². The van der Waals surface area contributed by atoms with Crippen LogP contribution in [0, 0.1) is 0 Å². The van der Waals surface area contributed by atoms with Crippen molar-refractivity contribution in [1.29, 1.82) is 0 Å². The first-order chi connectivity index (χ1) is 39.5. The van der Waals surface area contributed by atoms with Gasteiger partial charge in [0, 0.05) is 19.3 Å². The number of carbonyl (C=O) groups is 3. The van der Waals surface area contributed by atoms with E-state index in [1.165, 1.54) is 321 Å². The van der Waals surface area contributed by atoms with Crippen LogP contribution in [-0.4, -0.2) is 37.2 Å². The molecule has 0 amide bonds. The van der Waals surface area contributed by atoms with E-state index in [1.807, 2.05) is 0 Å². The van der Waals surface area contributed by atoms with Crippen molar-refractivity contribution in [2.45, 2.75) is 431 Å². The van der Waals surface area contributed by atoms with E-state index in [1.54, 1.807) is 0 Å². The van der Waals surface area contributed by atoms with E-state index in [0.717, 1.165) is 64.2 Å². The van der Waals surface area contributed by atoms with Crippen LogP contribution < -0.4 is 0 Å². The van der Waals surface area contributed by atoms with Crippen molar-refractivity contribution in [2.24, 2.45) is 0 Å². The lowest BCUT2D eigenvalue weighted by molar-refractivity contribution is -0.167. The zero-order valence-electron chi connectivity index (χ0n) is 54.6. The average Bonchev–Trinajstić information content (AvgIpc) is 3.46. The minimum Gasteiger partial charge on any atom is -0.462 e. The summed E-state index contributed by atoms with van der Waals surface area (Å²) in [6.45, 7) is 6.72. The monoisotopic (exact) mass is 1130 g/mol. The molecule has 0 fully saturated rings. The highest BCUT2D eigenvalue weighted by Gasteiger charge is 2.20. The first-order valence-electron chi connectivity index (χ1n) is 36.7. The van der Waals surface area contributed by atoms with Crippen LogP contribution in [0.3, 0.4) is 0 Å². The van der Waals surface area contributed by atoms with Crippen LogP contribution in [0.15, 0.2) is 12.2 Å². The van der Waals surface area contributed by atoms with Crippen molar-refractivity contribution in [3.8, 4) is 0 Å². The number of rotatable bonds is 69. The molecule has 0 aliphatic rings. The van der Waals surface area contributed by atoms with Crippen LogP contribution in [-0.2, 0) is 28.6 Å². The highest BCUT2D eigenvalue weighted by Crippen LogP contribution is 2.19. The van der Waals surface area contributed by atoms with E-state index in [0.29, 0.717) is 19.3 Å². The maximum atomic E-state index is 12.9. The Bertz CT molecular complexity index is 1250. The molecule has 0 aromatic carbocycles. The molecule has 474 valence electrons. The van der Waals surface area contributed by atoms with Crippen molar-refractivity contribution in [2.75, 3.05) is 13.2 Å². The second kappa shape index (κ2) is 69.6. The largest absolute Gasteiger partial charge is 0.462 e. The Morgan fingerprint density at radius 3 is 0.625 bits per heavy atom. The Kier molecular flexibility index (Phi) is 68.0. The number of unbranched alkanes of at least 4 members (excludes halogenated alkanes) is 56. The molecule has 80 heavy (non-hydrogen) atoms. The molecule has 0 spiro atoms. The second-order valence-electron chi connectivity index (χ2n) is 25.2. The first kappa shape index (κ1) is 78.1. The fraction of sp³-hybridized carbons (Fsp3) is 0.932. The number of hydrogen-bond donors (Lipinski definition) is 0. The summed E-state index contributed by atoms with van der Waals surface area (Å²) in [6.07, 6.45) is 84.0. The van der Waals surface area contributed by atoms with Crippen LogP contribution in [0.1, 0.15) is 425 Å². The molecular formula is C74H142O6. The molecule has 0 radical (unpaired) electrons. The number of hydrogen-bond acceptors (Lipinski definition) is 6. The van der Waals surface area contributed by atoms with Crippen molar-refractivity contribution < 1.29 is 28.6 Å². The smallest absolute Gasteiger partial charge is 0.306 e. The molecular weight excluding hydrogens is 985 g/mol. The van der Waals surface area contributed by atoms with Gasteiger partial charge in [0.25, 0.3) is 0 Å². The van der Waals surface area contributed by atoms with E-state index in [2.05, 4.69) is 32.9 Å². The zero-order chi connectivity index (χ0) is 57.8. The topological polar surface area (TPSA) is 78.9 Å². The van der Waals surface area contributed by atoms with Crippen LogP contribution in [0.25, 0.3) is 0 Å². The summed E-state index contributed by atoms with van der Waals surface area (Å²) in [5.41, 5.74) is 0. The van der Waals surface area contributed by atoms with E-state index in [4.69, 9.17) is 14.2 Å². The summed E-state index contributed by atoms with van der Waals surface area (Å²) in [4.78, 5) is 38.4. The molecule has 0 aromatic heterocycles. The van der Waals surface area contributed by atoms with Gasteiger partial charge in [-0.2, -0.15) is 0 Å². The molecule has 0 saturated carbocycles. The average molecular weight is 1130 g/mol. The molecule has 0 aliphatic heterocycles. The minimum absolute atomic E-state index is 0.0656. The maximum absolute atomic E-state index is 12.9. The van der Waals surface area contributed by atoms with Gasteiger partial charge in [-0.15, -0.1) is 0 Å². The van der Waals surface area contributed by atoms with Crippen LogP contribution in [0.2, 0.25) is 0 Å². The molecule has 0 aromatic rings. The van der Waals surface area contributed by atoms with E-state index in [9.17, 15) is 14.4 Å². The summed E-state index contributed by atoms with van der Waals surface area (Å²) in [5.74, 6) is -0.838. The Morgan fingerprint density at radius 1 is 0.237 bits per heavy atom. The second-order valence-corrected chi connectivity index (χ2v) is 25.2. The Hall–Kier alpha value is -1.85. The fourth-order valence-electron chi connectivity index (χ4n) is 11.5. The molecule has 0 heterocycles. The molecule has 0 N–H and O–H groups in total. The highest BCUT2D eigenvalue weighted by molar-refractivity contribution is 5.71. The standard InChI is InChI=1S/C74H142O6/c1-4-7-10-13-16-19-22-25-28-30-31-32-33-34-35-36-37-38-39-40-41-42-44-46-49-52-55-58-61-64-67-73(76)79-70-71(69-78-72(75)66-63-60-57-54-51-48-45-27-24-21-18-15-12-9-6-3)80-74(77)68-65-62-59-56-53-50-47-43-29-26-23-20-17-14-11-8-5-2/h27,45,71H,4-26,28-44,46-70H2,1-3H3/b45-27-. The van der Waals surface area contributed by atoms with E-state index < -0.39 is 6.10 Å². The Balaban J connectivity index is 4.15. The molecule has 6 heteroatoms. The van der Waals surface area contributed by atoms with E-state index in [-0.39, 0.29) is 31.1 Å². The molecule has 0 rings (SSSR count). The van der Waals surface area contributed by atoms with Gasteiger partial charge in [0.05, 0.1) is 0 Å². The first-order valence-corrected chi connectivity index (χ1v) is 36.7. The van der Waals surface area contributed by atoms with Gasteiger partial charge in [-0.25, -0.2) is 0 Å². The minimum atomic E-state index is -0.770. The molecule has 1 atom stereocenters. The molecule has 0 aliphatic carbocycles. The number of carbonyl (C=O) groups excluding carboxylic acids is 3. The third kappa shape index (κ3) is 66.9. The van der Waals surface area contributed by atoms with Crippen LogP contribution in [0.5, 0.6) is 0 Å². The number of ether oxygens (including phenoxy) is 3. The van der Waals surface area contributed by atoms with E-state index >= 15 is 0 Å². The van der Waals surface area contributed by atoms with Gasteiger partial charge in [-0.3, -0.25) is 14.4 Å². The predicted molar refractivity (Wildman–Crippen MR) is 349 cm³/mol. The van der Waals surface area contributed by atoms with Gasteiger partial charge in [0.1, 0.15) is 13.2 Å². The summed E-state index contributed by atoms with van der Waals surface area (Å²) in [5, 5.41) is 0. The van der Waals surface area contributed by atoms with Crippen LogP contribution in [0.4, 0.5) is 0 Å². The zero-order valence-corrected chi connectivity index (χ0v) is 54.6. The van der Waals surface area contributed by atoms with Crippen molar-refractivity contribution >= 4 is 17.9 Å². The third-order valence-corrected chi connectivity index (χ3v) is 17.0. The summed E-state index contributed by atoms with van der Waals surface area (Å²) in [6, 6.07) is 0. The lowest BCUT2D eigenvalue weighted by Crippen LogP contribution is -2.30. The Labute approximate surface area is 501 Å². The van der Waals surface area contributed by atoms with Crippen molar-refractivity contribution in [3.63, 3.8) is 0 Å². The van der Waals surface area contributed by atoms with Gasteiger partial charge in [0.15, 0.2) is 6.10 Å². The summed E-state index contributed by atoms with van der Waals surface area (Å²) in [7, 11) is 0. The van der Waals surface area contributed by atoms with Gasteiger partial charge in [-0.05, 0) is 44.9 Å². The number of allylic oxidation sites excluding steroid dienone is 2. The van der Waals surface area contributed by atoms with Gasteiger partial charge >= 0.3 is 17.9 Å². The summed E-state index contributed by atoms with van der Waals surface area (Å²) < 4.78 is 17.0. The Morgan fingerprint density at radius 2 is 0.412 bits per heavy atom. The van der Waals surface area contributed by atoms with Gasteiger partial charge < -0.3 is 14.2 Å². The lowest BCUT2D eigenvalue weighted by Gasteiger charge is -2.18. The van der Waals surface area contributed by atoms with Gasteiger partial charge in [0.2, 0.25) is 0 Å². The molecule has 1 unspecified atom stereocenters. The third-order valence-electron chi connectivity index (χ3n) is 17.0. The quantitative estimate of drug-likeness (QED) is 0.0261. The van der Waals surface area contributed by atoms with Crippen molar-refractivity contribution in [1.82, 2.24) is 0 Å².